The summed E-state index contributed by atoms with van der Waals surface area (Å²) in [6.07, 6.45) is 21.3. The van der Waals surface area contributed by atoms with E-state index >= 15 is 0 Å². The summed E-state index contributed by atoms with van der Waals surface area (Å²) in [5, 5.41) is 9.29. The number of hydrogen-bond donors (Lipinski definition) is 1. The zero-order chi connectivity index (χ0) is 21.8. The van der Waals surface area contributed by atoms with E-state index < -0.39 is 15.4 Å². The molecule has 0 amide bonds. The van der Waals surface area contributed by atoms with Crippen molar-refractivity contribution in [1.29, 1.82) is 0 Å². The zero-order valence-electron chi connectivity index (χ0n) is 20.4. The molecular weight excluding hydrogens is 423 g/mol. The van der Waals surface area contributed by atoms with Gasteiger partial charge in [-0.1, -0.05) is 117 Å². The minimum atomic E-state index is -4.13. The predicted molar refractivity (Wildman–Crippen MR) is 123 cm³/mol. The van der Waals surface area contributed by atoms with Crippen molar-refractivity contribution in [2.75, 3.05) is 0 Å². The van der Waals surface area contributed by atoms with Crippen LogP contribution in [0.3, 0.4) is 0 Å². The molecule has 0 radical (unpaired) electrons. The summed E-state index contributed by atoms with van der Waals surface area (Å²) in [6.45, 7) is 4.24. The maximum absolute atomic E-state index is 11.3. The molecule has 30 heavy (non-hydrogen) atoms. The van der Waals surface area contributed by atoms with Gasteiger partial charge in [-0.05, 0) is 25.7 Å². The quantitative estimate of drug-likeness (QED) is 0.146. The molecule has 0 aromatic rings. The smallest absolute Gasteiger partial charge is 0.748 e. The van der Waals surface area contributed by atoms with Crippen LogP contribution in [-0.2, 0) is 10.1 Å². The van der Waals surface area contributed by atoms with Gasteiger partial charge in [-0.15, -0.1) is 0 Å². The molecular formula is C24H49KO4S. The van der Waals surface area contributed by atoms with Crippen molar-refractivity contribution in [3.63, 3.8) is 0 Å². The number of hydrogen-bond acceptors (Lipinski definition) is 4. The van der Waals surface area contributed by atoms with Gasteiger partial charge in [0.05, 0.1) is 16.2 Å². The predicted octanol–water partition coefficient (Wildman–Crippen LogP) is 4.11. The van der Waals surface area contributed by atoms with E-state index in [0.29, 0.717) is 12.8 Å². The van der Waals surface area contributed by atoms with Crippen LogP contribution in [0.1, 0.15) is 142 Å². The van der Waals surface area contributed by atoms with E-state index in [9.17, 15) is 18.1 Å². The van der Waals surface area contributed by atoms with E-state index in [1.165, 1.54) is 64.2 Å². The van der Waals surface area contributed by atoms with Crippen molar-refractivity contribution in [1.82, 2.24) is 0 Å². The third kappa shape index (κ3) is 22.7. The summed E-state index contributed by atoms with van der Waals surface area (Å²) in [5.74, 6) is 0. The molecule has 1 N–H and O–H groups in total. The SMILES string of the molecule is CCCCCCC(O)CCCCCCCCCCCCC(CCCC)S(=O)(=O)[O-].[K+]. The third-order valence-corrected chi connectivity index (χ3v) is 7.28. The second-order valence-corrected chi connectivity index (χ2v) is 10.5. The maximum atomic E-state index is 11.3. The minimum Gasteiger partial charge on any atom is -0.748 e. The Morgan fingerprint density at radius 1 is 0.600 bits per heavy atom. The van der Waals surface area contributed by atoms with Crippen molar-refractivity contribution < 1.29 is 69.5 Å². The Hall–Kier alpha value is 1.51. The van der Waals surface area contributed by atoms with E-state index in [2.05, 4.69) is 6.92 Å². The summed E-state index contributed by atoms with van der Waals surface area (Å²) in [7, 11) is -4.13. The standard InChI is InChI=1S/C24H50O4S.K/c1-3-5-7-16-19-23(25)20-17-14-12-10-8-9-11-13-15-18-22-24(21-6-4-2)29(26,27)28;/h23-25H,3-22H2,1-2H3,(H,26,27,28);/q;+1/p-1. The van der Waals surface area contributed by atoms with Gasteiger partial charge in [0.1, 0.15) is 0 Å². The van der Waals surface area contributed by atoms with Crippen LogP contribution in [0.2, 0.25) is 0 Å². The average molecular weight is 473 g/mol. The average Bonchev–Trinajstić information content (AvgIpc) is 2.67. The Morgan fingerprint density at radius 2 is 0.933 bits per heavy atom. The van der Waals surface area contributed by atoms with Gasteiger partial charge < -0.3 is 9.66 Å². The van der Waals surface area contributed by atoms with Crippen molar-refractivity contribution in [2.24, 2.45) is 0 Å². The molecule has 4 nitrogen and oxygen atoms in total. The van der Waals surface area contributed by atoms with Gasteiger partial charge in [0.2, 0.25) is 0 Å². The van der Waals surface area contributed by atoms with Crippen molar-refractivity contribution in [3.05, 3.63) is 0 Å². The first-order valence-corrected chi connectivity index (χ1v) is 14.0. The van der Waals surface area contributed by atoms with Gasteiger partial charge in [0.25, 0.3) is 0 Å². The van der Waals surface area contributed by atoms with Crippen LogP contribution >= 0.6 is 0 Å². The van der Waals surface area contributed by atoms with E-state index in [1.54, 1.807) is 0 Å². The minimum absolute atomic E-state index is 0. The Kier molecular flexibility index (Phi) is 26.6. The van der Waals surface area contributed by atoms with E-state index in [-0.39, 0.29) is 57.5 Å². The fourth-order valence-corrected chi connectivity index (χ4v) is 4.89. The summed E-state index contributed by atoms with van der Waals surface area (Å²) in [5.41, 5.74) is 0. The molecule has 2 atom stereocenters. The van der Waals surface area contributed by atoms with Crippen LogP contribution in [0, 0.1) is 0 Å². The Morgan fingerprint density at radius 3 is 1.33 bits per heavy atom. The molecule has 0 aliphatic heterocycles. The number of aliphatic hydroxyl groups excluding tert-OH is 1. The molecule has 0 rings (SSSR count). The Labute approximate surface area is 230 Å². The van der Waals surface area contributed by atoms with Crippen LogP contribution in [0.25, 0.3) is 0 Å². The molecule has 0 aliphatic rings. The first-order chi connectivity index (χ1) is 13.9. The normalized spacial score (nSPS) is 13.7. The maximum Gasteiger partial charge on any atom is 1.00 e. The van der Waals surface area contributed by atoms with Crippen LogP contribution in [0.5, 0.6) is 0 Å². The molecule has 0 saturated heterocycles. The fourth-order valence-electron chi connectivity index (χ4n) is 3.98. The fraction of sp³-hybridized carbons (Fsp3) is 1.00. The first kappa shape index (κ1) is 33.7. The Bertz CT molecular complexity index is 442. The molecule has 0 aromatic carbocycles. The molecule has 0 heterocycles. The second kappa shape index (κ2) is 23.7. The van der Waals surface area contributed by atoms with Crippen molar-refractivity contribution in [3.8, 4) is 0 Å². The topological polar surface area (TPSA) is 77.4 Å². The summed E-state index contributed by atoms with van der Waals surface area (Å²) < 4.78 is 33.9. The van der Waals surface area contributed by atoms with Crippen LogP contribution in [0.4, 0.5) is 0 Å². The molecule has 6 heteroatoms. The van der Waals surface area contributed by atoms with Crippen LogP contribution in [0.15, 0.2) is 0 Å². The molecule has 0 saturated carbocycles. The molecule has 0 aliphatic carbocycles. The largest absolute Gasteiger partial charge is 1.00 e. The molecule has 0 spiro atoms. The van der Waals surface area contributed by atoms with Gasteiger partial charge in [0.15, 0.2) is 0 Å². The monoisotopic (exact) mass is 472 g/mol. The number of rotatable bonds is 22. The number of aliphatic hydroxyl groups is 1. The summed E-state index contributed by atoms with van der Waals surface area (Å²) in [4.78, 5) is 0. The molecule has 2 unspecified atom stereocenters. The third-order valence-electron chi connectivity index (χ3n) is 5.99. The van der Waals surface area contributed by atoms with E-state index in [1.807, 2.05) is 6.92 Å². The first-order valence-electron chi connectivity index (χ1n) is 12.5. The van der Waals surface area contributed by atoms with Crippen LogP contribution in [-0.4, -0.2) is 29.4 Å². The molecule has 0 aromatic heterocycles. The van der Waals surface area contributed by atoms with Gasteiger partial charge in [-0.3, -0.25) is 0 Å². The molecule has 0 fully saturated rings. The number of unbranched alkanes of at least 4 members (excludes halogenated alkanes) is 13. The van der Waals surface area contributed by atoms with Gasteiger partial charge in [-0.2, -0.15) is 0 Å². The van der Waals surface area contributed by atoms with Crippen LogP contribution < -0.4 is 51.4 Å². The second-order valence-electron chi connectivity index (χ2n) is 8.87. The zero-order valence-corrected chi connectivity index (χ0v) is 24.3. The van der Waals surface area contributed by atoms with Gasteiger partial charge >= 0.3 is 51.4 Å². The van der Waals surface area contributed by atoms with E-state index in [0.717, 1.165) is 51.4 Å². The van der Waals surface area contributed by atoms with Gasteiger partial charge in [0, 0.05) is 5.25 Å². The molecule has 176 valence electrons. The Balaban J connectivity index is 0. The summed E-state index contributed by atoms with van der Waals surface area (Å²) >= 11 is 0. The summed E-state index contributed by atoms with van der Waals surface area (Å²) in [6, 6.07) is 0. The van der Waals surface area contributed by atoms with Crippen molar-refractivity contribution >= 4 is 10.1 Å². The van der Waals surface area contributed by atoms with E-state index in [4.69, 9.17) is 0 Å². The van der Waals surface area contributed by atoms with Gasteiger partial charge in [-0.25, -0.2) is 8.42 Å². The van der Waals surface area contributed by atoms with Crippen molar-refractivity contribution in [2.45, 2.75) is 154 Å². The molecule has 0 bridgehead atoms.